The topological polar surface area (TPSA) is 88.0 Å². The van der Waals surface area contributed by atoms with Gasteiger partial charge in [-0.3, -0.25) is 4.79 Å². The number of aromatic hydroxyl groups is 1. The number of anilines is 1. The molecule has 0 aliphatic heterocycles. The molecule has 0 aliphatic rings. The SMILES string of the molecule is O=C(Nc1ccc(-c2ccc(C(F)(F)F)cc2)nn1)c1ccc(O)cn1. The van der Waals surface area contributed by atoms with Gasteiger partial charge in [-0.1, -0.05) is 12.1 Å². The molecular weight excluding hydrogens is 349 g/mol. The van der Waals surface area contributed by atoms with Crippen LogP contribution in [0.5, 0.6) is 5.75 Å². The van der Waals surface area contributed by atoms with Gasteiger partial charge in [0, 0.05) is 5.56 Å². The number of pyridine rings is 1. The Morgan fingerprint density at radius 1 is 0.962 bits per heavy atom. The molecule has 2 aromatic heterocycles. The lowest BCUT2D eigenvalue weighted by atomic mass is 10.1. The maximum atomic E-state index is 12.6. The van der Waals surface area contributed by atoms with Crippen LogP contribution in [0.1, 0.15) is 16.1 Å². The maximum Gasteiger partial charge on any atom is 0.416 e. The zero-order valence-corrected chi connectivity index (χ0v) is 13.0. The molecule has 26 heavy (non-hydrogen) atoms. The summed E-state index contributed by atoms with van der Waals surface area (Å²) in [6.07, 6.45) is -3.27. The first-order chi connectivity index (χ1) is 12.3. The number of nitrogens with zero attached hydrogens (tertiary/aromatic N) is 3. The molecule has 0 fully saturated rings. The first kappa shape index (κ1) is 17.3. The van der Waals surface area contributed by atoms with Gasteiger partial charge in [-0.05, 0) is 36.4 Å². The summed E-state index contributed by atoms with van der Waals surface area (Å²) >= 11 is 0. The van der Waals surface area contributed by atoms with Crippen molar-refractivity contribution in [1.29, 1.82) is 0 Å². The van der Waals surface area contributed by atoms with Gasteiger partial charge in [0.05, 0.1) is 17.5 Å². The van der Waals surface area contributed by atoms with Gasteiger partial charge in [-0.2, -0.15) is 13.2 Å². The van der Waals surface area contributed by atoms with E-state index in [2.05, 4.69) is 20.5 Å². The van der Waals surface area contributed by atoms with Crippen molar-refractivity contribution in [3.63, 3.8) is 0 Å². The van der Waals surface area contributed by atoms with E-state index in [0.717, 1.165) is 18.3 Å². The van der Waals surface area contributed by atoms with Gasteiger partial charge in [0.2, 0.25) is 0 Å². The number of carbonyl (C=O) groups is 1. The minimum atomic E-state index is -4.40. The number of aromatic nitrogens is 3. The van der Waals surface area contributed by atoms with Crippen molar-refractivity contribution in [2.45, 2.75) is 6.18 Å². The van der Waals surface area contributed by atoms with E-state index in [1.54, 1.807) is 0 Å². The summed E-state index contributed by atoms with van der Waals surface area (Å²) in [4.78, 5) is 15.7. The van der Waals surface area contributed by atoms with Crippen molar-refractivity contribution in [1.82, 2.24) is 15.2 Å². The van der Waals surface area contributed by atoms with Crippen LogP contribution in [-0.2, 0) is 6.18 Å². The van der Waals surface area contributed by atoms with Crippen LogP contribution >= 0.6 is 0 Å². The predicted molar refractivity (Wildman–Crippen MR) is 86.3 cm³/mol. The van der Waals surface area contributed by atoms with Gasteiger partial charge >= 0.3 is 6.18 Å². The molecule has 3 rings (SSSR count). The normalized spacial score (nSPS) is 11.2. The number of alkyl halides is 3. The first-order valence-corrected chi connectivity index (χ1v) is 7.31. The average Bonchev–Trinajstić information content (AvgIpc) is 2.62. The molecule has 2 N–H and O–H groups in total. The Kier molecular flexibility index (Phi) is 4.53. The van der Waals surface area contributed by atoms with Crippen LogP contribution in [0.25, 0.3) is 11.3 Å². The van der Waals surface area contributed by atoms with E-state index in [4.69, 9.17) is 5.11 Å². The molecule has 9 heteroatoms. The van der Waals surface area contributed by atoms with Gasteiger partial charge < -0.3 is 10.4 Å². The van der Waals surface area contributed by atoms with E-state index < -0.39 is 17.6 Å². The molecule has 132 valence electrons. The molecule has 1 amide bonds. The third-order valence-electron chi connectivity index (χ3n) is 3.39. The van der Waals surface area contributed by atoms with Crippen LogP contribution in [0.3, 0.4) is 0 Å². The van der Waals surface area contributed by atoms with E-state index in [-0.39, 0.29) is 17.3 Å². The van der Waals surface area contributed by atoms with Crippen LogP contribution in [-0.4, -0.2) is 26.2 Å². The van der Waals surface area contributed by atoms with Gasteiger partial charge in [-0.25, -0.2) is 4.98 Å². The zero-order chi connectivity index (χ0) is 18.7. The molecule has 0 atom stereocenters. The second kappa shape index (κ2) is 6.79. The molecule has 0 spiro atoms. The van der Waals surface area contributed by atoms with Crippen molar-refractivity contribution in [2.24, 2.45) is 0 Å². The Balaban J connectivity index is 1.72. The number of carbonyl (C=O) groups excluding carboxylic acids is 1. The van der Waals surface area contributed by atoms with E-state index in [1.807, 2.05) is 0 Å². The Hall–Kier alpha value is -3.49. The number of hydrogen-bond donors (Lipinski definition) is 2. The monoisotopic (exact) mass is 360 g/mol. The summed E-state index contributed by atoms with van der Waals surface area (Å²) in [5, 5.41) is 19.4. The number of hydrogen-bond acceptors (Lipinski definition) is 5. The number of amides is 1. The molecule has 0 unspecified atom stereocenters. The Bertz CT molecular complexity index is 909. The molecule has 0 radical (unpaired) electrons. The van der Waals surface area contributed by atoms with Gasteiger partial charge in [-0.15, -0.1) is 10.2 Å². The molecule has 0 aliphatic carbocycles. The summed E-state index contributed by atoms with van der Waals surface area (Å²) < 4.78 is 37.7. The quantitative estimate of drug-likeness (QED) is 0.746. The van der Waals surface area contributed by atoms with Crippen LogP contribution in [0.15, 0.2) is 54.7 Å². The number of nitrogens with one attached hydrogen (secondary N) is 1. The summed E-state index contributed by atoms with van der Waals surface area (Å²) in [6.45, 7) is 0. The van der Waals surface area contributed by atoms with Crippen molar-refractivity contribution < 1.29 is 23.1 Å². The van der Waals surface area contributed by atoms with Crippen LogP contribution in [0, 0.1) is 0 Å². The van der Waals surface area contributed by atoms with Gasteiger partial charge in [0.1, 0.15) is 11.4 Å². The fourth-order valence-electron chi connectivity index (χ4n) is 2.08. The van der Waals surface area contributed by atoms with E-state index in [1.165, 1.54) is 36.4 Å². The predicted octanol–water partition coefficient (Wildman–Crippen LogP) is 3.52. The Morgan fingerprint density at radius 2 is 1.69 bits per heavy atom. The lowest BCUT2D eigenvalue weighted by Crippen LogP contribution is -2.14. The van der Waals surface area contributed by atoms with Crippen molar-refractivity contribution in [3.8, 4) is 17.0 Å². The third-order valence-corrected chi connectivity index (χ3v) is 3.39. The lowest BCUT2D eigenvalue weighted by molar-refractivity contribution is -0.137. The fraction of sp³-hybridized carbons (Fsp3) is 0.0588. The molecule has 6 nitrogen and oxygen atoms in total. The molecule has 0 saturated heterocycles. The number of benzene rings is 1. The largest absolute Gasteiger partial charge is 0.506 e. The Labute approximate surface area is 145 Å². The highest BCUT2D eigenvalue weighted by Crippen LogP contribution is 2.30. The summed E-state index contributed by atoms with van der Waals surface area (Å²) in [6, 6.07) is 10.2. The van der Waals surface area contributed by atoms with E-state index in [9.17, 15) is 18.0 Å². The average molecular weight is 360 g/mol. The van der Waals surface area contributed by atoms with Crippen molar-refractivity contribution in [2.75, 3.05) is 5.32 Å². The first-order valence-electron chi connectivity index (χ1n) is 7.31. The molecule has 0 bridgehead atoms. The highest BCUT2D eigenvalue weighted by molar-refractivity contribution is 6.02. The summed E-state index contributed by atoms with van der Waals surface area (Å²) in [5.74, 6) is -0.454. The second-order valence-corrected chi connectivity index (χ2v) is 5.23. The molecule has 1 aromatic carbocycles. The zero-order valence-electron chi connectivity index (χ0n) is 13.0. The van der Waals surface area contributed by atoms with Crippen molar-refractivity contribution in [3.05, 3.63) is 66.0 Å². The van der Waals surface area contributed by atoms with E-state index >= 15 is 0 Å². The fourth-order valence-corrected chi connectivity index (χ4v) is 2.08. The van der Waals surface area contributed by atoms with Crippen LogP contribution < -0.4 is 5.32 Å². The number of rotatable bonds is 3. The van der Waals surface area contributed by atoms with E-state index in [0.29, 0.717) is 11.3 Å². The van der Waals surface area contributed by atoms with Gasteiger partial charge in [0.25, 0.3) is 5.91 Å². The molecule has 3 aromatic rings. The van der Waals surface area contributed by atoms with Crippen molar-refractivity contribution >= 4 is 11.7 Å². The summed E-state index contributed by atoms with van der Waals surface area (Å²) in [5.41, 5.74) is 0.152. The lowest BCUT2D eigenvalue weighted by Gasteiger charge is -2.07. The summed E-state index contributed by atoms with van der Waals surface area (Å²) in [7, 11) is 0. The third kappa shape index (κ3) is 3.94. The molecule has 0 saturated carbocycles. The van der Waals surface area contributed by atoms with Gasteiger partial charge in [0.15, 0.2) is 5.82 Å². The molecular formula is C17H11F3N4O2. The Morgan fingerprint density at radius 3 is 2.23 bits per heavy atom. The second-order valence-electron chi connectivity index (χ2n) is 5.23. The highest BCUT2D eigenvalue weighted by Gasteiger charge is 2.30. The minimum absolute atomic E-state index is 0.0674. The highest BCUT2D eigenvalue weighted by atomic mass is 19.4. The van der Waals surface area contributed by atoms with Crippen LogP contribution in [0.2, 0.25) is 0 Å². The van der Waals surface area contributed by atoms with Crippen LogP contribution in [0.4, 0.5) is 19.0 Å². The standard InChI is InChI=1S/C17H11F3N4O2/c18-17(19,20)11-3-1-10(2-4-11)13-7-8-15(24-23-13)22-16(26)14-6-5-12(25)9-21-14/h1-9,25H,(H,22,24,26). The number of halogens is 3. The minimum Gasteiger partial charge on any atom is -0.506 e. The maximum absolute atomic E-state index is 12.6. The molecule has 2 heterocycles. The smallest absolute Gasteiger partial charge is 0.416 e.